The van der Waals surface area contributed by atoms with Gasteiger partial charge < -0.3 is 0 Å². The van der Waals surface area contributed by atoms with E-state index in [1.54, 1.807) is 0 Å². The molecule has 7 heteroatoms. The van der Waals surface area contributed by atoms with E-state index in [2.05, 4.69) is 0 Å². The van der Waals surface area contributed by atoms with Crippen LogP contribution in [0.5, 0.6) is 0 Å². The molecule has 0 aromatic carbocycles. The van der Waals surface area contributed by atoms with Crippen LogP contribution in [0.1, 0.15) is 19.3 Å². The Hall–Kier alpha value is -0.270. The molecule has 0 heterocycles. The van der Waals surface area contributed by atoms with Crippen molar-refractivity contribution in [3.8, 4) is 0 Å². The van der Waals surface area contributed by atoms with Crippen molar-refractivity contribution < 1.29 is 17.2 Å². The molecule has 1 fully saturated rings. The Morgan fingerprint density at radius 3 is 2.46 bits per heavy atom. The van der Waals surface area contributed by atoms with E-state index in [0.29, 0.717) is 6.42 Å². The zero-order valence-electron chi connectivity index (χ0n) is 7.18. The number of hydrogen-bond donors (Lipinski definition) is 2. The largest absolute Gasteiger partial charge is 0.277 e. The first kappa shape index (κ1) is 10.8. The summed E-state index contributed by atoms with van der Waals surface area (Å²) in [6, 6.07) is -1.26. The molecule has 0 aromatic rings. The van der Waals surface area contributed by atoms with Gasteiger partial charge in [0.1, 0.15) is 0 Å². The third-order valence-corrected chi connectivity index (χ3v) is 3.21. The summed E-state index contributed by atoms with van der Waals surface area (Å²) in [7, 11) is -2.58. The second-order valence-corrected chi connectivity index (χ2v) is 4.68. The fourth-order valence-corrected chi connectivity index (χ4v) is 2.10. The first-order valence-corrected chi connectivity index (χ1v) is 5.44. The van der Waals surface area contributed by atoms with E-state index in [9.17, 15) is 17.2 Å². The summed E-state index contributed by atoms with van der Waals surface area (Å²) in [6.07, 6.45) is 0.293. The highest BCUT2D eigenvalue weighted by molar-refractivity contribution is 7.87. The minimum absolute atomic E-state index is 0.188. The van der Waals surface area contributed by atoms with Gasteiger partial charge in [-0.2, -0.15) is 13.1 Å². The highest BCUT2D eigenvalue weighted by Gasteiger charge is 2.45. The lowest BCUT2D eigenvalue weighted by molar-refractivity contribution is -0.0114. The maximum Gasteiger partial charge on any atom is 0.277 e. The van der Waals surface area contributed by atoms with Crippen LogP contribution in [-0.4, -0.2) is 27.4 Å². The van der Waals surface area contributed by atoms with E-state index < -0.39 is 22.2 Å². The van der Waals surface area contributed by atoms with Crippen molar-refractivity contribution in [2.45, 2.75) is 31.2 Å². The fraction of sp³-hybridized carbons (Fsp3) is 1.00. The van der Waals surface area contributed by atoms with Gasteiger partial charge >= 0.3 is 0 Å². The average molecular weight is 214 g/mol. The van der Waals surface area contributed by atoms with Gasteiger partial charge in [0.15, 0.2) is 0 Å². The summed E-state index contributed by atoms with van der Waals surface area (Å²) < 4.78 is 51.5. The van der Waals surface area contributed by atoms with Gasteiger partial charge in [-0.25, -0.2) is 13.5 Å². The van der Waals surface area contributed by atoms with Gasteiger partial charge in [0.05, 0.1) is 6.04 Å². The molecular weight excluding hydrogens is 202 g/mol. The number of halogens is 2. The molecule has 0 saturated heterocycles. The van der Waals surface area contributed by atoms with Crippen molar-refractivity contribution in [1.82, 2.24) is 9.44 Å². The number of rotatable bonds is 3. The van der Waals surface area contributed by atoms with Crippen LogP contribution < -0.4 is 9.44 Å². The fourth-order valence-electron chi connectivity index (χ4n) is 1.32. The Labute approximate surface area is 75.9 Å². The highest BCUT2D eigenvalue weighted by Crippen LogP contribution is 2.35. The number of alkyl halides is 2. The summed E-state index contributed by atoms with van der Waals surface area (Å²) >= 11 is 0. The van der Waals surface area contributed by atoms with Crippen molar-refractivity contribution in [3.63, 3.8) is 0 Å². The summed E-state index contributed by atoms with van der Waals surface area (Å²) in [5.74, 6) is -2.91. The third-order valence-electron chi connectivity index (χ3n) is 2.08. The number of nitrogens with one attached hydrogen (secondary N) is 2. The van der Waals surface area contributed by atoms with Crippen molar-refractivity contribution in [1.29, 1.82) is 0 Å². The molecule has 1 saturated carbocycles. The quantitative estimate of drug-likeness (QED) is 0.706. The first-order chi connectivity index (χ1) is 5.87. The molecular formula is C6H12F2N2O2S. The molecule has 78 valence electrons. The topological polar surface area (TPSA) is 58.2 Å². The van der Waals surface area contributed by atoms with Crippen LogP contribution in [-0.2, 0) is 10.2 Å². The molecule has 0 amide bonds. The zero-order chi connectivity index (χ0) is 10.1. The summed E-state index contributed by atoms with van der Waals surface area (Å²) in [5.41, 5.74) is 0. The van der Waals surface area contributed by atoms with E-state index in [4.69, 9.17) is 0 Å². The molecule has 4 nitrogen and oxygen atoms in total. The monoisotopic (exact) mass is 214 g/mol. The van der Waals surface area contributed by atoms with Crippen LogP contribution in [0.2, 0.25) is 0 Å². The Bertz CT molecular complexity index is 278. The Balaban J connectivity index is 2.65. The van der Waals surface area contributed by atoms with Crippen LogP contribution in [0, 0.1) is 0 Å². The molecule has 0 aliphatic heterocycles. The summed E-state index contributed by atoms with van der Waals surface area (Å²) in [4.78, 5) is 0. The molecule has 1 aliphatic rings. The van der Waals surface area contributed by atoms with Crippen molar-refractivity contribution in [2.75, 3.05) is 7.05 Å². The van der Waals surface area contributed by atoms with Crippen molar-refractivity contribution in [3.05, 3.63) is 0 Å². The predicted octanol–water partition coefficient (Wildman–Crippen LogP) is 0.228. The molecule has 0 radical (unpaired) electrons. The van der Waals surface area contributed by atoms with Gasteiger partial charge in [-0.3, -0.25) is 0 Å². The summed E-state index contributed by atoms with van der Waals surface area (Å²) in [6.45, 7) is 0. The van der Waals surface area contributed by atoms with E-state index in [-0.39, 0.29) is 12.8 Å². The molecule has 0 bridgehead atoms. The Morgan fingerprint density at radius 1 is 1.46 bits per heavy atom. The van der Waals surface area contributed by atoms with E-state index in [1.165, 1.54) is 7.05 Å². The van der Waals surface area contributed by atoms with Crippen LogP contribution in [0.4, 0.5) is 8.78 Å². The molecule has 1 atom stereocenters. The molecule has 1 unspecified atom stereocenters. The van der Waals surface area contributed by atoms with Crippen molar-refractivity contribution in [2.24, 2.45) is 0 Å². The predicted molar refractivity (Wildman–Crippen MR) is 43.7 cm³/mol. The van der Waals surface area contributed by atoms with Crippen molar-refractivity contribution >= 4 is 10.2 Å². The Morgan fingerprint density at radius 2 is 2.08 bits per heavy atom. The standard InChI is InChI=1S/C6H12F2N2O2S/c1-9-13(11,12)10-5-3-2-4-6(5,7)8/h5,9-10H,2-4H2,1H3. The molecule has 0 aromatic heterocycles. The van der Waals surface area contributed by atoms with Crippen LogP contribution in [0.25, 0.3) is 0 Å². The highest BCUT2D eigenvalue weighted by atomic mass is 32.2. The van der Waals surface area contributed by atoms with Gasteiger partial charge in [-0.05, 0) is 12.8 Å². The molecule has 0 spiro atoms. The van der Waals surface area contributed by atoms with Gasteiger partial charge in [-0.15, -0.1) is 0 Å². The minimum atomic E-state index is -3.75. The molecule has 13 heavy (non-hydrogen) atoms. The van der Waals surface area contributed by atoms with E-state index in [1.807, 2.05) is 9.44 Å². The third kappa shape index (κ3) is 2.58. The second kappa shape index (κ2) is 3.47. The SMILES string of the molecule is CNS(=O)(=O)NC1CCCC1(F)F. The first-order valence-electron chi connectivity index (χ1n) is 3.96. The second-order valence-electron chi connectivity index (χ2n) is 3.03. The smallest absolute Gasteiger partial charge is 0.205 e. The van der Waals surface area contributed by atoms with Crippen LogP contribution in [0.3, 0.4) is 0 Å². The molecule has 1 rings (SSSR count). The minimum Gasteiger partial charge on any atom is -0.205 e. The van der Waals surface area contributed by atoms with Gasteiger partial charge in [0.2, 0.25) is 0 Å². The molecule has 2 N–H and O–H groups in total. The van der Waals surface area contributed by atoms with Crippen LogP contribution in [0.15, 0.2) is 0 Å². The normalized spacial score (nSPS) is 27.8. The summed E-state index contributed by atoms with van der Waals surface area (Å²) in [5, 5.41) is 0. The van der Waals surface area contributed by atoms with E-state index in [0.717, 1.165) is 0 Å². The number of hydrogen-bond acceptors (Lipinski definition) is 2. The Kier molecular flexibility index (Phi) is 2.88. The van der Waals surface area contributed by atoms with Gasteiger partial charge in [0, 0.05) is 13.5 Å². The van der Waals surface area contributed by atoms with E-state index >= 15 is 0 Å². The lowest BCUT2D eigenvalue weighted by atomic mass is 10.2. The molecule has 1 aliphatic carbocycles. The zero-order valence-corrected chi connectivity index (χ0v) is 8.00. The maximum atomic E-state index is 12.9. The van der Waals surface area contributed by atoms with Crippen LogP contribution >= 0.6 is 0 Å². The maximum absolute atomic E-state index is 12.9. The van der Waals surface area contributed by atoms with Gasteiger partial charge in [-0.1, -0.05) is 0 Å². The average Bonchev–Trinajstić information content (AvgIpc) is 2.31. The van der Waals surface area contributed by atoms with Gasteiger partial charge in [0.25, 0.3) is 16.1 Å². The lowest BCUT2D eigenvalue weighted by Gasteiger charge is -2.19. The lowest BCUT2D eigenvalue weighted by Crippen LogP contribution is -2.47.